The number of benzene rings is 2. The standard InChI is InChI=1S/C17H16BrNO3/c1-11-7-8-15(14(18)9-11)19-16(20)10-13(17(21)22)12-5-3-2-4-6-12/h2-9,13H,10H2,1H3,(H,19,20)(H,21,22)/t13-/m1/s1. The topological polar surface area (TPSA) is 66.4 Å². The Morgan fingerprint density at radius 3 is 2.45 bits per heavy atom. The van der Waals surface area contributed by atoms with Crippen molar-refractivity contribution in [2.75, 3.05) is 5.32 Å². The lowest BCUT2D eigenvalue weighted by Crippen LogP contribution is -2.21. The maximum Gasteiger partial charge on any atom is 0.311 e. The van der Waals surface area contributed by atoms with Gasteiger partial charge in [0.25, 0.3) is 0 Å². The van der Waals surface area contributed by atoms with E-state index in [9.17, 15) is 14.7 Å². The van der Waals surface area contributed by atoms with E-state index in [1.54, 1.807) is 30.3 Å². The quantitative estimate of drug-likeness (QED) is 0.846. The van der Waals surface area contributed by atoms with Gasteiger partial charge in [0.15, 0.2) is 0 Å². The highest BCUT2D eigenvalue weighted by Crippen LogP contribution is 2.25. The van der Waals surface area contributed by atoms with E-state index in [0.29, 0.717) is 11.3 Å². The van der Waals surface area contributed by atoms with Crippen LogP contribution in [0.5, 0.6) is 0 Å². The molecule has 2 rings (SSSR count). The number of hydrogen-bond donors (Lipinski definition) is 2. The predicted molar refractivity (Wildman–Crippen MR) is 88.9 cm³/mol. The smallest absolute Gasteiger partial charge is 0.311 e. The van der Waals surface area contributed by atoms with Gasteiger partial charge in [0, 0.05) is 10.9 Å². The molecule has 0 bridgehead atoms. The normalized spacial score (nSPS) is 11.7. The van der Waals surface area contributed by atoms with Crippen molar-refractivity contribution in [2.24, 2.45) is 0 Å². The third kappa shape index (κ3) is 4.18. The van der Waals surface area contributed by atoms with Crippen LogP contribution in [0, 0.1) is 6.92 Å². The SMILES string of the molecule is Cc1ccc(NC(=O)C[C@@H](C(=O)O)c2ccccc2)c(Br)c1. The largest absolute Gasteiger partial charge is 0.481 e. The van der Waals surface area contributed by atoms with Gasteiger partial charge in [-0.25, -0.2) is 0 Å². The Bertz CT molecular complexity index is 686. The molecule has 114 valence electrons. The van der Waals surface area contributed by atoms with Crippen molar-refractivity contribution in [1.82, 2.24) is 0 Å². The summed E-state index contributed by atoms with van der Waals surface area (Å²) in [7, 11) is 0. The van der Waals surface area contributed by atoms with Crippen molar-refractivity contribution in [2.45, 2.75) is 19.3 Å². The van der Waals surface area contributed by atoms with E-state index in [1.165, 1.54) is 0 Å². The summed E-state index contributed by atoms with van der Waals surface area (Å²) in [5.41, 5.74) is 2.32. The van der Waals surface area contributed by atoms with Crippen molar-refractivity contribution in [3.63, 3.8) is 0 Å². The van der Waals surface area contributed by atoms with Gasteiger partial charge in [0.05, 0.1) is 11.6 Å². The molecular formula is C17H16BrNO3. The van der Waals surface area contributed by atoms with Crippen LogP contribution in [0.3, 0.4) is 0 Å². The third-order valence-corrected chi connectivity index (χ3v) is 3.94. The molecule has 0 spiro atoms. The Kier molecular flexibility index (Phi) is 5.33. The summed E-state index contributed by atoms with van der Waals surface area (Å²) in [5.74, 6) is -2.20. The second-order valence-electron chi connectivity index (χ2n) is 5.04. The molecule has 0 aliphatic rings. The van der Waals surface area contributed by atoms with Crippen molar-refractivity contribution in [3.8, 4) is 0 Å². The van der Waals surface area contributed by atoms with Crippen molar-refractivity contribution in [3.05, 3.63) is 64.1 Å². The van der Waals surface area contributed by atoms with Crippen molar-refractivity contribution < 1.29 is 14.7 Å². The second kappa shape index (κ2) is 7.22. The van der Waals surface area contributed by atoms with Crippen LogP contribution in [0.2, 0.25) is 0 Å². The number of carbonyl (C=O) groups is 2. The molecule has 1 amide bonds. The molecule has 0 aliphatic carbocycles. The minimum absolute atomic E-state index is 0.111. The maximum absolute atomic E-state index is 12.1. The number of aryl methyl sites for hydroxylation is 1. The Labute approximate surface area is 137 Å². The number of carboxylic acid groups (broad SMARTS) is 1. The van der Waals surface area contributed by atoms with Gasteiger partial charge >= 0.3 is 5.97 Å². The molecule has 0 aromatic heterocycles. The Morgan fingerprint density at radius 1 is 1.18 bits per heavy atom. The summed E-state index contributed by atoms with van der Waals surface area (Å²) >= 11 is 3.38. The van der Waals surface area contributed by atoms with Gasteiger partial charge < -0.3 is 10.4 Å². The van der Waals surface area contributed by atoms with E-state index in [1.807, 2.05) is 25.1 Å². The number of anilines is 1. The first-order chi connectivity index (χ1) is 10.5. The predicted octanol–water partition coefficient (Wildman–Crippen LogP) is 3.95. The van der Waals surface area contributed by atoms with Crippen LogP contribution in [0.4, 0.5) is 5.69 Å². The fourth-order valence-electron chi connectivity index (χ4n) is 2.14. The zero-order chi connectivity index (χ0) is 16.1. The average molecular weight is 362 g/mol. The molecule has 2 aromatic rings. The molecule has 0 saturated carbocycles. The lowest BCUT2D eigenvalue weighted by atomic mass is 9.95. The Morgan fingerprint density at radius 2 is 1.86 bits per heavy atom. The number of halogens is 1. The van der Waals surface area contributed by atoms with Gasteiger partial charge in [-0.2, -0.15) is 0 Å². The fourth-order valence-corrected chi connectivity index (χ4v) is 2.73. The highest BCUT2D eigenvalue weighted by Gasteiger charge is 2.23. The number of carboxylic acids is 1. The van der Waals surface area contributed by atoms with Crippen LogP contribution < -0.4 is 5.32 Å². The van der Waals surface area contributed by atoms with Crippen LogP contribution in [-0.2, 0) is 9.59 Å². The zero-order valence-corrected chi connectivity index (χ0v) is 13.6. The van der Waals surface area contributed by atoms with Crippen molar-refractivity contribution >= 4 is 33.5 Å². The molecule has 22 heavy (non-hydrogen) atoms. The number of aliphatic carboxylic acids is 1. The Hall–Kier alpha value is -2.14. The first-order valence-electron chi connectivity index (χ1n) is 6.81. The zero-order valence-electron chi connectivity index (χ0n) is 12.0. The van der Waals surface area contributed by atoms with Crippen molar-refractivity contribution in [1.29, 1.82) is 0 Å². The molecule has 2 aromatic carbocycles. The van der Waals surface area contributed by atoms with Crippen LogP contribution in [0.15, 0.2) is 53.0 Å². The van der Waals surface area contributed by atoms with Gasteiger partial charge in [0.1, 0.15) is 0 Å². The molecule has 1 atom stereocenters. The van der Waals surface area contributed by atoms with E-state index in [0.717, 1.165) is 10.0 Å². The van der Waals surface area contributed by atoms with Gasteiger partial charge in [-0.15, -0.1) is 0 Å². The van der Waals surface area contributed by atoms with Gasteiger partial charge in [-0.1, -0.05) is 36.4 Å². The number of nitrogens with one attached hydrogen (secondary N) is 1. The van der Waals surface area contributed by atoms with E-state index >= 15 is 0 Å². The lowest BCUT2D eigenvalue weighted by molar-refractivity contribution is -0.140. The highest BCUT2D eigenvalue weighted by atomic mass is 79.9. The second-order valence-corrected chi connectivity index (χ2v) is 5.89. The van der Waals surface area contributed by atoms with Crippen LogP contribution in [0.25, 0.3) is 0 Å². The first-order valence-corrected chi connectivity index (χ1v) is 7.60. The number of rotatable bonds is 5. The van der Waals surface area contributed by atoms with E-state index in [4.69, 9.17) is 0 Å². The van der Waals surface area contributed by atoms with Crippen LogP contribution >= 0.6 is 15.9 Å². The van der Waals surface area contributed by atoms with Gasteiger partial charge in [-0.05, 0) is 46.1 Å². The molecule has 2 N–H and O–H groups in total. The molecule has 0 heterocycles. The fraction of sp³-hybridized carbons (Fsp3) is 0.176. The minimum atomic E-state index is -1.01. The number of carbonyl (C=O) groups excluding carboxylic acids is 1. The molecule has 0 unspecified atom stereocenters. The third-order valence-electron chi connectivity index (χ3n) is 3.29. The van der Waals surface area contributed by atoms with Gasteiger partial charge in [0.2, 0.25) is 5.91 Å². The summed E-state index contributed by atoms with van der Waals surface area (Å²) < 4.78 is 0.771. The maximum atomic E-state index is 12.1. The molecule has 0 radical (unpaired) electrons. The molecule has 0 saturated heterocycles. The summed E-state index contributed by atoms with van der Waals surface area (Å²) in [4.78, 5) is 23.6. The van der Waals surface area contributed by atoms with E-state index in [-0.39, 0.29) is 12.3 Å². The minimum Gasteiger partial charge on any atom is -0.481 e. The summed E-state index contributed by atoms with van der Waals surface area (Å²) in [6, 6.07) is 14.3. The summed E-state index contributed by atoms with van der Waals surface area (Å²) in [5, 5.41) is 12.1. The van der Waals surface area contributed by atoms with Crippen LogP contribution in [-0.4, -0.2) is 17.0 Å². The highest BCUT2D eigenvalue weighted by molar-refractivity contribution is 9.10. The summed E-state index contributed by atoms with van der Waals surface area (Å²) in [6.45, 7) is 1.95. The van der Waals surface area contributed by atoms with Crippen LogP contribution in [0.1, 0.15) is 23.5 Å². The molecular weight excluding hydrogens is 346 g/mol. The van der Waals surface area contributed by atoms with E-state index < -0.39 is 11.9 Å². The average Bonchev–Trinajstić information content (AvgIpc) is 2.48. The van der Waals surface area contributed by atoms with E-state index in [2.05, 4.69) is 21.2 Å². The van der Waals surface area contributed by atoms with Gasteiger partial charge in [-0.3, -0.25) is 9.59 Å². The molecule has 5 heteroatoms. The first kappa shape index (κ1) is 16.2. The molecule has 0 aliphatic heterocycles. The summed E-state index contributed by atoms with van der Waals surface area (Å²) in [6.07, 6.45) is -0.111. The monoisotopic (exact) mass is 361 g/mol. The number of amides is 1. The molecule has 0 fully saturated rings. The lowest BCUT2D eigenvalue weighted by Gasteiger charge is -2.13. The number of hydrogen-bond acceptors (Lipinski definition) is 2. The molecule has 4 nitrogen and oxygen atoms in total. The Balaban J connectivity index is 2.10.